The number of hydrogen-bond acceptors (Lipinski definition) is 5. The molecule has 8 heteroatoms. The maximum absolute atomic E-state index is 12.3. The zero-order valence-corrected chi connectivity index (χ0v) is 10.5. The van der Waals surface area contributed by atoms with Crippen LogP contribution < -0.4 is 11.1 Å². The van der Waals surface area contributed by atoms with Gasteiger partial charge in [-0.05, 0) is 31.6 Å². The smallest absolute Gasteiger partial charge is 0.360 e. The van der Waals surface area contributed by atoms with Crippen LogP contribution in [-0.2, 0) is 6.18 Å². The summed E-state index contributed by atoms with van der Waals surface area (Å²) in [6.07, 6.45) is -0.417. The molecule has 4 nitrogen and oxygen atoms in total. The number of alkyl halides is 3. The van der Waals surface area contributed by atoms with Crippen molar-refractivity contribution in [1.29, 1.82) is 0 Å². The second-order valence-electron chi connectivity index (χ2n) is 4.57. The van der Waals surface area contributed by atoms with Crippen LogP contribution in [0, 0.1) is 5.92 Å². The highest BCUT2D eigenvalue weighted by atomic mass is 32.1. The molecule has 0 spiro atoms. The Balaban J connectivity index is 1.82. The van der Waals surface area contributed by atoms with E-state index in [9.17, 15) is 13.2 Å². The third-order valence-electron chi connectivity index (χ3n) is 3.10. The van der Waals surface area contributed by atoms with E-state index in [4.69, 9.17) is 5.73 Å². The fourth-order valence-electron chi connectivity index (χ4n) is 2.03. The number of rotatable bonds is 3. The lowest BCUT2D eigenvalue weighted by Gasteiger charge is -2.25. The van der Waals surface area contributed by atoms with Crippen molar-refractivity contribution in [1.82, 2.24) is 10.2 Å². The lowest BCUT2D eigenvalue weighted by Crippen LogP contribution is -2.29. The third kappa shape index (κ3) is 3.55. The molecule has 1 aliphatic rings. The Morgan fingerprint density at radius 3 is 2.44 bits per heavy atom. The van der Waals surface area contributed by atoms with Gasteiger partial charge in [0.25, 0.3) is 0 Å². The first-order valence-electron chi connectivity index (χ1n) is 5.85. The van der Waals surface area contributed by atoms with E-state index < -0.39 is 11.2 Å². The molecule has 1 heterocycles. The molecule has 102 valence electrons. The van der Waals surface area contributed by atoms with Crippen LogP contribution in [0.1, 0.15) is 30.7 Å². The lowest BCUT2D eigenvalue weighted by atomic mass is 9.86. The Labute approximate surface area is 107 Å². The minimum absolute atomic E-state index is 0.234. The van der Waals surface area contributed by atoms with Crippen molar-refractivity contribution in [2.24, 2.45) is 11.7 Å². The van der Waals surface area contributed by atoms with Crippen molar-refractivity contribution < 1.29 is 13.2 Å². The molecular weight excluding hydrogens is 265 g/mol. The van der Waals surface area contributed by atoms with Gasteiger partial charge in [-0.25, -0.2) is 0 Å². The Kier molecular flexibility index (Phi) is 4.06. The van der Waals surface area contributed by atoms with E-state index in [1.807, 2.05) is 0 Å². The Bertz CT molecular complexity index is 385. The van der Waals surface area contributed by atoms with Crippen LogP contribution in [0.2, 0.25) is 0 Å². The van der Waals surface area contributed by atoms with Crippen LogP contribution in [0.15, 0.2) is 0 Å². The molecule has 1 aromatic rings. The van der Waals surface area contributed by atoms with E-state index in [2.05, 4.69) is 15.5 Å². The first kappa shape index (κ1) is 13.5. The van der Waals surface area contributed by atoms with Gasteiger partial charge >= 0.3 is 6.18 Å². The summed E-state index contributed by atoms with van der Waals surface area (Å²) in [6, 6.07) is 0.277. The minimum atomic E-state index is -4.41. The SMILES string of the molecule is N[C@H]1CC[C@H](CNc2nnc(C(F)(F)F)s2)CC1. The Hall–Kier alpha value is -0.890. The first-order valence-corrected chi connectivity index (χ1v) is 6.67. The van der Waals surface area contributed by atoms with Gasteiger partial charge < -0.3 is 11.1 Å². The predicted molar refractivity (Wildman–Crippen MR) is 63.3 cm³/mol. The van der Waals surface area contributed by atoms with E-state index in [1.54, 1.807) is 0 Å². The molecule has 0 aromatic carbocycles. The predicted octanol–water partition coefficient (Wildman–Crippen LogP) is 2.49. The summed E-state index contributed by atoms with van der Waals surface area (Å²) in [7, 11) is 0. The minimum Gasteiger partial charge on any atom is -0.360 e. The van der Waals surface area contributed by atoms with Crippen molar-refractivity contribution in [2.75, 3.05) is 11.9 Å². The lowest BCUT2D eigenvalue weighted by molar-refractivity contribution is -0.138. The number of nitrogens with two attached hydrogens (primary N) is 1. The van der Waals surface area contributed by atoms with Crippen molar-refractivity contribution in [3.05, 3.63) is 5.01 Å². The zero-order valence-electron chi connectivity index (χ0n) is 9.70. The number of aromatic nitrogens is 2. The van der Waals surface area contributed by atoms with Gasteiger partial charge in [0.1, 0.15) is 0 Å². The van der Waals surface area contributed by atoms with Gasteiger partial charge in [0.2, 0.25) is 10.1 Å². The van der Waals surface area contributed by atoms with Gasteiger partial charge in [-0.2, -0.15) is 13.2 Å². The molecule has 0 atom stereocenters. The monoisotopic (exact) mass is 280 g/mol. The van der Waals surface area contributed by atoms with Gasteiger partial charge in [-0.15, -0.1) is 10.2 Å². The topological polar surface area (TPSA) is 63.8 Å². The summed E-state index contributed by atoms with van der Waals surface area (Å²) >= 11 is 0.546. The fraction of sp³-hybridized carbons (Fsp3) is 0.800. The summed E-state index contributed by atoms with van der Waals surface area (Å²) in [5.74, 6) is 0.461. The fourth-order valence-corrected chi connectivity index (χ4v) is 2.65. The van der Waals surface area contributed by atoms with Crippen LogP contribution in [0.25, 0.3) is 0 Å². The summed E-state index contributed by atoms with van der Waals surface area (Å²) in [6.45, 7) is 0.638. The average Bonchev–Trinajstić information content (AvgIpc) is 2.77. The van der Waals surface area contributed by atoms with E-state index >= 15 is 0 Å². The maximum Gasteiger partial charge on any atom is 0.445 e. The van der Waals surface area contributed by atoms with Crippen molar-refractivity contribution in [3.63, 3.8) is 0 Å². The quantitative estimate of drug-likeness (QED) is 0.893. The molecule has 1 saturated carbocycles. The number of halogens is 3. The maximum atomic E-state index is 12.3. The average molecular weight is 280 g/mol. The van der Waals surface area contributed by atoms with Crippen molar-refractivity contribution >= 4 is 16.5 Å². The molecule has 1 aromatic heterocycles. The number of nitrogens with zero attached hydrogens (tertiary/aromatic N) is 2. The van der Waals surface area contributed by atoms with Gasteiger partial charge in [-0.3, -0.25) is 0 Å². The molecule has 1 aliphatic carbocycles. The van der Waals surface area contributed by atoms with Crippen LogP contribution in [0.4, 0.5) is 18.3 Å². The molecule has 3 N–H and O–H groups in total. The first-order chi connectivity index (χ1) is 8.45. The molecule has 2 rings (SSSR count). The highest BCUT2D eigenvalue weighted by Gasteiger charge is 2.35. The summed E-state index contributed by atoms with van der Waals surface area (Å²) in [5, 5.41) is 8.87. The second kappa shape index (κ2) is 5.40. The van der Waals surface area contributed by atoms with Crippen molar-refractivity contribution in [3.8, 4) is 0 Å². The van der Waals surface area contributed by atoms with E-state index in [0.29, 0.717) is 23.8 Å². The van der Waals surface area contributed by atoms with Gasteiger partial charge in [0, 0.05) is 12.6 Å². The van der Waals surface area contributed by atoms with Crippen LogP contribution in [0.5, 0.6) is 0 Å². The van der Waals surface area contributed by atoms with Gasteiger partial charge in [-0.1, -0.05) is 11.3 Å². The van der Waals surface area contributed by atoms with Crippen LogP contribution in [-0.4, -0.2) is 22.8 Å². The molecule has 0 aliphatic heterocycles. The number of nitrogens with one attached hydrogen (secondary N) is 1. The number of hydrogen-bond donors (Lipinski definition) is 2. The van der Waals surface area contributed by atoms with E-state index in [-0.39, 0.29) is 11.2 Å². The molecule has 0 bridgehead atoms. The Morgan fingerprint density at radius 2 is 1.89 bits per heavy atom. The van der Waals surface area contributed by atoms with Gasteiger partial charge in [0.05, 0.1) is 0 Å². The van der Waals surface area contributed by atoms with Crippen LogP contribution in [0.3, 0.4) is 0 Å². The standard InChI is InChI=1S/C10H15F3N4S/c11-10(12,13)8-16-17-9(18-8)15-5-6-1-3-7(14)4-2-6/h6-7H,1-5,14H2,(H,15,17)/t6-,7-. The highest BCUT2D eigenvalue weighted by Crippen LogP contribution is 2.33. The summed E-state index contributed by atoms with van der Waals surface area (Å²) in [4.78, 5) is 0. The third-order valence-corrected chi connectivity index (χ3v) is 4.03. The largest absolute Gasteiger partial charge is 0.445 e. The highest BCUT2D eigenvalue weighted by molar-refractivity contribution is 7.15. The molecular formula is C10H15F3N4S. The molecule has 0 saturated heterocycles. The van der Waals surface area contributed by atoms with Crippen molar-refractivity contribution in [2.45, 2.75) is 37.9 Å². The number of anilines is 1. The molecule has 18 heavy (non-hydrogen) atoms. The van der Waals surface area contributed by atoms with Crippen LogP contribution >= 0.6 is 11.3 Å². The zero-order chi connectivity index (χ0) is 13.2. The Morgan fingerprint density at radius 1 is 1.22 bits per heavy atom. The molecule has 0 amide bonds. The molecule has 0 radical (unpaired) electrons. The molecule has 0 unspecified atom stereocenters. The second-order valence-corrected chi connectivity index (χ2v) is 5.55. The molecule has 1 fully saturated rings. The normalized spacial score (nSPS) is 25.1. The van der Waals surface area contributed by atoms with Gasteiger partial charge in [0.15, 0.2) is 0 Å². The van der Waals surface area contributed by atoms with E-state index in [0.717, 1.165) is 25.7 Å². The van der Waals surface area contributed by atoms with E-state index in [1.165, 1.54) is 0 Å². The summed E-state index contributed by atoms with van der Waals surface area (Å²) in [5.41, 5.74) is 5.79. The summed E-state index contributed by atoms with van der Waals surface area (Å²) < 4.78 is 36.9.